The Morgan fingerprint density at radius 3 is 3.00 bits per heavy atom. The minimum atomic E-state index is 0.0604. The SMILES string of the molecule is [C-]#[N+]CSc1cccc(C(C)=O)c1. The van der Waals surface area contributed by atoms with Gasteiger partial charge in [0.25, 0.3) is 5.88 Å². The molecule has 0 atom stereocenters. The zero-order valence-electron chi connectivity index (χ0n) is 7.28. The van der Waals surface area contributed by atoms with Gasteiger partial charge < -0.3 is 4.85 Å². The van der Waals surface area contributed by atoms with Crippen molar-refractivity contribution in [3.8, 4) is 0 Å². The molecule has 0 aromatic heterocycles. The Labute approximate surface area is 81.8 Å². The van der Waals surface area contributed by atoms with Crippen molar-refractivity contribution in [2.24, 2.45) is 0 Å². The summed E-state index contributed by atoms with van der Waals surface area (Å²) in [6.07, 6.45) is 0. The fraction of sp³-hybridized carbons (Fsp3) is 0.200. The molecule has 66 valence electrons. The molecule has 0 amide bonds. The molecule has 0 aliphatic rings. The molecule has 0 N–H and O–H groups in total. The summed E-state index contributed by atoms with van der Waals surface area (Å²) in [5, 5.41) is 0. The zero-order chi connectivity index (χ0) is 9.68. The molecule has 1 aromatic rings. The molecule has 0 unspecified atom stereocenters. The van der Waals surface area contributed by atoms with E-state index in [2.05, 4.69) is 4.85 Å². The Bertz CT molecular complexity index is 354. The molecule has 0 spiro atoms. The second-order valence-corrected chi connectivity index (χ2v) is 3.53. The molecule has 1 aromatic carbocycles. The maximum Gasteiger partial charge on any atom is 0.264 e. The van der Waals surface area contributed by atoms with Gasteiger partial charge in [0.05, 0.1) is 0 Å². The summed E-state index contributed by atoms with van der Waals surface area (Å²) >= 11 is 1.45. The smallest absolute Gasteiger partial charge is 0.264 e. The number of Topliss-reactive ketones (excluding diaryl/α,β-unsaturated/α-hetero) is 1. The highest BCUT2D eigenvalue weighted by Crippen LogP contribution is 2.19. The maximum atomic E-state index is 11.0. The van der Waals surface area contributed by atoms with Gasteiger partial charge in [-0.15, -0.1) is 0 Å². The van der Waals surface area contributed by atoms with Crippen molar-refractivity contribution < 1.29 is 4.79 Å². The van der Waals surface area contributed by atoms with E-state index < -0.39 is 0 Å². The predicted octanol–water partition coefficient (Wildman–Crippen LogP) is 2.86. The molecule has 2 nitrogen and oxygen atoms in total. The topological polar surface area (TPSA) is 21.4 Å². The van der Waals surface area contributed by atoms with Crippen molar-refractivity contribution in [3.05, 3.63) is 41.2 Å². The van der Waals surface area contributed by atoms with Crippen molar-refractivity contribution in [3.63, 3.8) is 0 Å². The van der Waals surface area contributed by atoms with Crippen LogP contribution in [-0.4, -0.2) is 11.7 Å². The van der Waals surface area contributed by atoms with Gasteiger partial charge in [-0.1, -0.05) is 12.1 Å². The first-order valence-electron chi connectivity index (χ1n) is 3.81. The van der Waals surface area contributed by atoms with E-state index in [0.29, 0.717) is 11.4 Å². The number of hydrogen-bond acceptors (Lipinski definition) is 2. The van der Waals surface area contributed by atoms with E-state index in [0.717, 1.165) is 4.90 Å². The standard InChI is InChI=1S/C10H9NOS/c1-8(12)9-4-3-5-10(6-9)13-7-11-2/h3-6H,7H2,1H3. The van der Waals surface area contributed by atoms with Crippen molar-refractivity contribution in [1.29, 1.82) is 0 Å². The van der Waals surface area contributed by atoms with E-state index in [1.807, 2.05) is 18.2 Å². The van der Waals surface area contributed by atoms with Crippen molar-refractivity contribution in [1.82, 2.24) is 0 Å². The molecule has 3 heteroatoms. The molecular weight excluding hydrogens is 182 g/mol. The third-order valence-corrected chi connectivity index (χ3v) is 2.38. The molecule has 0 heterocycles. The number of thioether (sulfide) groups is 1. The highest BCUT2D eigenvalue weighted by molar-refractivity contribution is 7.99. The molecule has 1 rings (SSSR count). The Balaban J connectivity index is 2.80. The van der Waals surface area contributed by atoms with E-state index in [1.54, 1.807) is 13.0 Å². The Morgan fingerprint density at radius 1 is 1.62 bits per heavy atom. The maximum absolute atomic E-state index is 11.0. The van der Waals surface area contributed by atoms with Crippen LogP contribution in [0, 0.1) is 6.57 Å². The number of carbonyl (C=O) groups excluding carboxylic acids is 1. The van der Waals surface area contributed by atoms with E-state index in [4.69, 9.17) is 6.57 Å². The molecule has 0 saturated heterocycles. The van der Waals surface area contributed by atoms with Crippen molar-refractivity contribution >= 4 is 17.5 Å². The molecule has 0 saturated carbocycles. The summed E-state index contributed by atoms with van der Waals surface area (Å²) in [5.41, 5.74) is 0.704. The monoisotopic (exact) mass is 191 g/mol. The Morgan fingerprint density at radius 2 is 2.38 bits per heavy atom. The summed E-state index contributed by atoms with van der Waals surface area (Å²) < 4.78 is 0. The molecule has 0 aliphatic carbocycles. The number of hydrogen-bond donors (Lipinski definition) is 0. The number of carbonyl (C=O) groups is 1. The lowest BCUT2D eigenvalue weighted by atomic mass is 10.2. The van der Waals surface area contributed by atoms with Crippen LogP contribution in [0.5, 0.6) is 0 Å². The number of rotatable bonds is 3. The van der Waals surface area contributed by atoms with Gasteiger partial charge in [-0.3, -0.25) is 4.79 Å². The first-order chi connectivity index (χ1) is 6.24. The first-order valence-corrected chi connectivity index (χ1v) is 4.79. The zero-order valence-corrected chi connectivity index (χ0v) is 8.10. The normalized spacial score (nSPS) is 9.23. The summed E-state index contributed by atoms with van der Waals surface area (Å²) in [5.74, 6) is 0.465. The second-order valence-electron chi connectivity index (χ2n) is 2.52. The molecule has 13 heavy (non-hydrogen) atoms. The summed E-state index contributed by atoms with van der Waals surface area (Å²) in [4.78, 5) is 15.2. The van der Waals surface area contributed by atoms with Crippen LogP contribution in [0.25, 0.3) is 4.85 Å². The Kier molecular flexibility index (Phi) is 3.53. The fourth-order valence-corrected chi connectivity index (χ4v) is 1.51. The third-order valence-electron chi connectivity index (χ3n) is 1.54. The van der Waals surface area contributed by atoms with Gasteiger partial charge in [0.2, 0.25) is 0 Å². The number of nitrogens with zero attached hydrogens (tertiary/aromatic N) is 1. The van der Waals surface area contributed by atoms with Gasteiger partial charge in [-0.05, 0) is 30.8 Å². The molecular formula is C10H9NOS. The summed E-state index contributed by atoms with van der Waals surface area (Å²) in [6, 6.07) is 7.34. The van der Waals surface area contributed by atoms with Crippen LogP contribution < -0.4 is 0 Å². The second kappa shape index (κ2) is 4.68. The van der Waals surface area contributed by atoms with Gasteiger partial charge in [-0.25, -0.2) is 6.57 Å². The van der Waals surface area contributed by atoms with Crippen LogP contribution in [0.2, 0.25) is 0 Å². The van der Waals surface area contributed by atoms with E-state index in [9.17, 15) is 4.79 Å². The van der Waals surface area contributed by atoms with Gasteiger partial charge in [-0.2, -0.15) is 0 Å². The van der Waals surface area contributed by atoms with Crippen LogP contribution in [0.3, 0.4) is 0 Å². The molecule has 0 fully saturated rings. The lowest BCUT2D eigenvalue weighted by Crippen LogP contribution is -1.90. The van der Waals surface area contributed by atoms with Crippen molar-refractivity contribution in [2.45, 2.75) is 11.8 Å². The average molecular weight is 191 g/mol. The van der Waals surface area contributed by atoms with Gasteiger partial charge >= 0.3 is 0 Å². The molecule has 0 radical (unpaired) electrons. The number of benzene rings is 1. The Hall–Kier alpha value is -1.27. The van der Waals surface area contributed by atoms with Crippen molar-refractivity contribution in [2.75, 3.05) is 5.88 Å². The lowest BCUT2D eigenvalue weighted by molar-refractivity contribution is 0.101. The first kappa shape index (κ1) is 9.82. The highest BCUT2D eigenvalue weighted by Gasteiger charge is 2.01. The quantitative estimate of drug-likeness (QED) is 0.416. The van der Waals surface area contributed by atoms with Gasteiger partial charge in [0.15, 0.2) is 5.78 Å². The molecule has 0 aliphatic heterocycles. The lowest BCUT2D eigenvalue weighted by Gasteiger charge is -1.97. The van der Waals surface area contributed by atoms with Crippen LogP contribution in [0.1, 0.15) is 17.3 Å². The fourth-order valence-electron chi connectivity index (χ4n) is 0.912. The average Bonchev–Trinajstić information content (AvgIpc) is 2.15. The van der Waals surface area contributed by atoms with Crippen LogP contribution >= 0.6 is 11.8 Å². The predicted molar refractivity (Wildman–Crippen MR) is 53.8 cm³/mol. The van der Waals surface area contributed by atoms with Gasteiger partial charge in [0, 0.05) is 10.5 Å². The highest BCUT2D eigenvalue weighted by atomic mass is 32.2. The number of ketones is 1. The summed E-state index contributed by atoms with van der Waals surface area (Å²) in [6.45, 7) is 8.17. The third kappa shape index (κ3) is 2.92. The van der Waals surface area contributed by atoms with E-state index in [-0.39, 0.29) is 5.78 Å². The minimum Gasteiger partial charge on any atom is -0.305 e. The molecule has 0 bridgehead atoms. The van der Waals surface area contributed by atoms with Crippen LogP contribution in [-0.2, 0) is 0 Å². The van der Waals surface area contributed by atoms with E-state index in [1.165, 1.54) is 11.8 Å². The van der Waals surface area contributed by atoms with Crippen LogP contribution in [0.4, 0.5) is 0 Å². The minimum absolute atomic E-state index is 0.0604. The van der Waals surface area contributed by atoms with Gasteiger partial charge in [0.1, 0.15) is 0 Å². The summed E-state index contributed by atoms with van der Waals surface area (Å²) in [7, 11) is 0. The van der Waals surface area contributed by atoms with Crippen LogP contribution in [0.15, 0.2) is 29.2 Å². The largest absolute Gasteiger partial charge is 0.305 e. The van der Waals surface area contributed by atoms with E-state index >= 15 is 0 Å².